The second-order valence-electron chi connectivity index (χ2n) is 4.23. The highest BCUT2D eigenvalue weighted by Crippen LogP contribution is 2.26. The summed E-state index contributed by atoms with van der Waals surface area (Å²) >= 11 is 0. The van der Waals surface area contributed by atoms with Gasteiger partial charge in [0.05, 0.1) is 13.2 Å². The summed E-state index contributed by atoms with van der Waals surface area (Å²) in [5.41, 5.74) is 3.57. The summed E-state index contributed by atoms with van der Waals surface area (Å²) in [4.78, 5) is 4.05. The summed E-state index contributed by atoms with van der Waals surface area (Å²) < 4.78 is 5.29. The summed E-state index contributed by atoms with van der Waals surface area (Å²) in [6.45, 7) is 2.06. The first kappa shape index (κ1) is 12.6. The summed E-state index contributed by atoms with van der Waals surface area (Å²) in [7, 11) is 3.66. The molecule has 0 spiro atoms. The first-order chi connectivity index (χ1) is 8.76. The minimum absolute atomic E-state index is 0.178. The second-order valence-corrected chi connectivity index (χ2v) is 4.23. The average Bonchev–Trinajstić information content (AvgIpc) is 2.41. The third kappa shape index (κ3) is 2.51. The zero-order valence-corrected chi connectivity index (χ0v) is 11.0. The molecule has 0 saturated carbocycles. The lowest BCUT2D eigenvalue weighted by atomic mass is 9.98. The first-order valence-electron chi connectivity index (χ1n) is 5.98. The molecule has 3 nitrogen and oxygen atoms in total. The van der Waals surface area contributed by atoms with Crippen LogP contribution in [0, 0.1) is 6.92 Å². The van der Waals surface area contributed by atoms with Crippen molar-refractivity contribution in [1.82, 2.24) is 10.3 Å². The molecule has 1 unspecified atom stereocenters. The molecule has 0 saturated heterocycles. The van der Waals surface area contributed by atoms with E-state index in [0.29, 0.717) is 0 Å². The van der Waals surface area contributed by atoms with Gasteiger partial charge < -0.3 is 10.1 Å². The van der Waals surface area contributed by atoms with E-state index in [1.165, 1.54) is 11.1 Å². The Morgan fingerprint density at radius 3 is 2.39 bits per heavy atom. The van der Waals surface area contributed by atoms with Gasteiger partial charge in [-0.3, -0.25) is 4.98 Å². The number of aromatic nitrogens is 1. The molecule has 2 rings (SSSR count). The highest BCUT2D eigenvalue weighted by atomic mass is 16.5. The molecule has 1 N–H and O–H groups in total. The smallest absolute Gasteiger partial charge is 0.121 e. The van der Waals surface area contributed by atoms with Crippen molar-refractivity contribution in [2.24, 2.45) is 0 Å². The monoisotopic (exact) mass is 242 g/mol. The van der Waals surface area contributed by atoms with Crippen LogP contribution in [0.3, 0.4) is 0 Å². The van der Waals surface area contributed by atoms with Gasteiger partial charge >= 0.3 is 0 Å². The number of benzene rings is 1. The molecule has 18 heavy (non-hydrogen) atoms. The van der Waals surface area contributed by atoms with Crippen LogP contribution in [-0.2, 0) is 0 Å². The Morgan fingerprint density at radius 2 is 1.83 bits per heavy atom. The number of nitrogens with one attached hydrogen (secondary N) is 1. The van der Waals surface area contributed by atoms with Crippen molar-refractivity contribution in [3.63, 3.8) is 0 Å². The molecule has 1 atom stereocenters. The number of ether oxygens (including phenoxy) is 1. The molecule has 3 heteroatoms. The molecular weight excluding hydrogens is 224 g/mol. The quantitative estimate of drug-likeness (QED) is 0.895. The maximum Gasteiger partial charge on any atom is 0.121 e. The highest BCUT2D eigenvalue weighted by molar-refractivity contribution is 5.40. The lowest BCUT2D eigenvalue weighted by Gasteiger charge is -2.18. The van der Waals surface area contributed by atoms with E-state index in [-0.39, 0.29) is 6.04 Å². The SMILES string of the molecule is CNC(c1ccncc1)c1ccc(OC)c(C)c1. The Morgan fingerprint density at radius 1 is 1.11 bits per heavy atom. The Kier molecular flexibility index (Phi) is 3.95. The highest BCUT2D eigenvalue weighted by Gasteiger charge is 2.12. The predicted octanol–water partition coefficient (Wildman–Crippen LogP) is 2.71. The normalized spacial score (nSPS) is 12.2. The average molecular weight is 242 g/mol. The molecule has 0 aliphatic carbocycles. The van der Waals surface area contributed by atoms with Crippen LogP contribution >= 0.6 is 0 Å². The van der Waals surface area contributed by atoms with Crippen molar-refractivity contribution in [3.05, 3.63) is 59.4 Å². The summed E-state index contributed by atoms with van der Waals surface area (Å²) in [5, 5.41) is 3.33. The molecule has 0 amide bonds. The third-order valence-electron chi connectivity index (χ3n) is 3.08. The van der Waals surface area contributed by atoms with Gasteiger partial charge in [0, 0.05) is 12.4 Å². The second kappa shape index (κ2) is 5.65. The fraction of sp³-hybridized carbons (Fsp3) is 0.267. The van der Waals surface area contributed by atoms with Crippen LogP contribution in [0.15, 0.2) is 42.7 Å². The fourth-order valence-corrected chi connectivity index (χ4v) is 2.16. The molecule has 1 aromatic heterocycles. The van der Waals surface area contributed by atoms with Gasteiger partial charge in [-0.15, -0.1) is 0 Å². The number of hydrogen-bond acceptors (Lipinski definition) is 3. The van der Waals surface area contributed by atoms with Crippen molar-refractivity contribution in [1.29, 1.82) is 0 Å². The molecule has 0 aliphatic rings. The number of pyridine rings is 1. The zero-order valence-electron chi connectivity index (χ0n) is 11.0. The van der Waals surface area contributed by atoms with E-state index in [9.17, 15) is 0 Å². The molecule has 0 radical (unpaired) electrons. The van der Waals surface area contributed by atoms with Crippen LogP contribution in [0.5, 0.6) is 5.75 Å². The van der Waals surface area contributed by atoms with E-state index in [1.807, 2.05) is 37.6 Å². The largest absolute Gasteiger partial charge is 0.496 e. The van der Waals surface area contributed by atoms with Gasteiger partial charge in [0.15, 0.2) is 0 Å². The van der Waals surface area contributed by atoms with Gasteiger partial charge in [0.25, 0.3) is 0 Å². The van der Waals surface area contributed by atoms with Crippen LogP contribution in [0.25, 0.3) is 0 Å². The first-order valence-corrected chi connectivity index (χ1v) is 5.98. The Bertz CT molecular complexity index is 511. The number of rotatable bonds is 4. The summed E-state index contributed by atoms with van der Waals surface area (Å²) in [6, 6.07) is 10.5. The van der Waals surface area contributed by atoms with E-state index < -0.39 is 0 Å². The minimum Gasteiger partial charge on any atom is -0.496 e. The van der Waals surface area contributed by atoms with Crippen LogP contribution in [0.4, 0.5) is 0 Å². The number of nitrogens with zero attached hydrogens (tertiary/aromatic N) is 1. The maximum absolute atomic E-state index is 5.29. The van der Waals surface area contributed by atoms with Crippen LogP contribution in [0.1, 0.15) is 22.7 Å². The standard InChI is InChI=1S/C15H18N2O/c1-11-10-13(4-5-14(11)18-3)15(16-2)12-6-8-17-9-7-12/h4-10,15-16H,1-3H3. The van der Waals surface area contributed by atoms with Crippen molar-refractivity contribution in [2.75, 3.05) is 14.2 Å². The Labute approximate surface area is 108 Å². The van der Waals surface area contributed by atoms with E-state index in [2.05, 4.69) is 29.4 Å². The molecule has 0 aliphatic heterocycles. The molecule has 0 fully saturated rings. The van der Waals surface area contributed by atoms with Crippen molar-refractivity contribution >= 4 is 0 Å². The van der Waals surface area contributed by atoms with Gasteiger partial charge in [-0.05, 0) is 48.9 Å². The third-order valence-corrected chi connectivity index (χ3v) is 3.08. The number of hydrogen-bond donors (Lipinski definition) is 1. The van der Waals surface area contributed by atoms with Crippen molar-refractivity contribution < 1.29 is 4.74 Å². The molecule has 0 bridgehead atoms. The lowest BCUT2D eigenvalue weighted by molar-refractivity contribution is 0.411. The predicted molar refractivity (Wildman–Crippen MR) is 72.9 cm³/mol. The van der Waals surface area contributed by atoms with Crippen molar-refractivity contribution in [2.45, 2.75) is 13.0 Å². The van der Waals surface area contributed by atoms with Gasteiger partial charge in [0.1, 0.15) is 5.75 Å². The molecule has 2 aromatic rings. The van der Waals surface area contributed by atoms with Gasteiger partial charge in [-0.25, -0.2) is 0 Å². The number of aryl methyl sites for hydroxylation is 1. The summed E-state index contributed by atoms with van der Waals surface area (Å²) in [6.07, 6.45) is 3.63. The molecule has 1 heterocycles. The van der Waals surface area contributed by atoms with Gasteiger partial charge in [-0.1, -0.05) is 12.1 Å². The van der Waals surface area contributed by atoms with E-state index in [0.717, 1.165) is 11.3 Å². The van der Waals surface area contributed by atoms with Gasteiger partial charge in [-0.2, -0.15) is 0 Å². The Balaban J connectivity index is 2.37. The van der Waals surface area contributed by atoms with Crippen LogP contribution < -0.4 is 10.1 Å². The topological polar surface area (TPSA) is 34.2 Å². The Hall–Kier alpha value is -1.87. The van der Waals surface area contributed by atoms with Crippen LogP contribution in [-0.4, -0.2) is 19.1 Å². The molecular formula is C15H18N2O. The molecule has 94 valence electrons. The zero-order chi connectivity index (χ0) is 13.0. The van der Waals surface area contributed by atoms with E-state index >= 15 is 0 Å². The van der Waals surface area contributed by atoms with Crippen LogP contribution in [0.2, 0.25) is 0 Å². The summed E-state index contributed by atoms with van der Waals surface area (Å²) in [5.74, 6) is 0.920. The fourth-order valence-electron chi connectivity index (χ4n) is 2.16. The van der Waals surface area contributed by atoms with E-state index in [4.69, 9.17) is 4.74 Å². The number of methoxy groups -OCH3 is 1. The minimum atomic E-state index is 0.178. The van der Waals surface area contributed by atoms with Crippen molar-refractivity contribution in [3.8, 4) is 5.75 Å². The van der Waals surface area contributed by atoms with Gasteiger partial charge in [0.2, 0.25) is 0 Å². The lowest BCUT2D eigenvalue weighted by Crippen LogP contribution is -2.17. The van der Waals surface area contributed by atoms with E-state index in [1.54, 1.807) is 7.11 Å². The maximum atomic E-state index is 5.29. The molecule has 1 aromatic carbocycles.